The maximum Gasteiger partial charge on any atom is 0.242 e. The number of nitrogens with one attached hydrogen (secondary N) is 3. The van der Waals surface area contributed by atoms with Gasteiger partial charge in [-0.05, 0) is 79.2 Å². The summed E-state index contributed by atoms with van der Waals surface area (Å²) in [7, 11) is 1.62. The van der Waals surface area contributed by atoms with Crippen molar-refractivity contribution in [2.45, 2.75) is 24.0 Å². The summed E-state index contributed by atoms with van der Waals surface area (Å²) in [4.78, 5) is 14.5. The van der Waals surface area contributed by atoms with Crippen LogP contribution in [0.4, 0.5) is 17.1 Å². The molecule has 0 heterocycles. The molecule has 188 valence electrons. The highest BCUT2D eigenvalue weighted by Gasteiger charge is 2.23. The molecule has 0 aliphatic carbocycles. The van der Waals surface area contributed by atoms with E-state index in [1.54, 1.807) is 7.11 Å². The van der Waals surface area contributed by atoms with Crippen molar-refractivity contribution in [1.29, 1.82) is 0 Å². The van der Waals surface area contributed by atoms with Crippen molar-refractivity contribution in [3.05, 3.63) is 114 Å². The van der Waals surface area contributed by atoms with E-state index in [9.17, 15) is 4.79 Å². The van der Waals surface area contributed by atoms with Gasteiger partial charge in [-0.3, -0.25) is 4.79 Å². The third-order valence-electron chi connectivity index (χ3n) is 5.69. The van der Waals surface area contributed by atoms with E-state index in [0.29, 0.717) is 10.9 Å². The lowest BCUT2D eigenvalue weighted by Gasteiger charge is -2.19. The average Bonchev–Trinajstić information content (AvgIpc) is 2.90. The molecule has 4 rings (SSSR count). The van der Waals surface area contributed by atoms with Gasteiger partial charge in [0.05, 0.1) is 12.8 Å². The van der Waals surface area contributed by atoms with Gasteiger partial charge in [-0.25, -0.2) is 0 Å². The van der Waals surface area contributed by atoms with Gasteiger partial charge in [0, 0.05) is 16.3 Å². The van der Waals surface area contributed by atoms with Crippen molar-refractivity contribution in [2.75, 3.05) is 23.1 Å². The van der Waals surface area contributed by atoms with E-state index in [1.165, 1.54) is 11.8 Å². The normalized spacial score (nSPS) is 11.3. The summed E-state index contributed by atoms with van der Waals surface area (Å²) in [5, 5.41) is 9.55. The van der Waals surface area contributed by atoms with Gasteiger partial charge < -0.3 is 20.7 Å². The zero-order chi connectivity index (χ0) is 26.2. The molecule has 0 spiro atoms. The number of carbonyl (C=O) groups is 1. The summed E-state index contributed by atoms with van der Waals surface area (Å²) in [6.45, 7) is 4.01. The number of thiocarbonyl (C=S) groups is 1. The summed E-state index contributed by atoms with van der Waals surface area (Å²) >= 11 is 7.02. The number of benzene rings is 4. The minimum absolute atomic E-state index is 0.0726. The predicted octanol–water partition coefficient (Wildman–Crippen LogP) is 7.59. The van der Waals surface area contributed by atoms with E-state index >= 15 is 0 Å². The number of para-hydroxylation sites is 2. The van der Waals surface area contributed by atoms with E-state index < -0.39 is 5.25 Å². The molecule has 4 aromatic rings. The summed E-state index contributed by atoms with van der Waals surface area (Å²) < 4.78 is 5.39. The van der Waals surface area contributed by atoms with E-state index in [-0.39, 0.29) is 5.91 Å². The molecule has 0 aliphatic rings. The molecule has 1 atom stereocenters. The highest BCUT2D eigenvalue weighted by atomic mass is 32.2. The number of methoxy groups -OCH3 is 1. The maximum atomic E-state index is 13.5. The van der Waals surface area contributed by atoms with Gasteiger partial charge >= 0.3 is 0 Å². The Bertz CT molecular complexity index is 1390. The SMILES string of the molecule is COc1ccccc1NC(=S)Nc1cccc(SC(C(=O)Nc2cc(C)ccc2C)c2ccccc2)c1. The van der Waals surface area contributed by atoms with Crippen molar-refractivity contribution in [1.82, 2.24) is 0 Å². The zero-order valence-electron chi connectivity index (χ0n) is 20.9. The largest absolute Gasteiger partial charge is 0.495 e. The van der Waals surface area contributed by atoms with Crippen molar-refractivity contribution in [3.63, 3.8) is 0 Å². The van der Waals surface area contributed by atoms with Crippen LogP contribution in [0.25, 0.3) is 0 Å². The second-order valence-corrected chi connectivity index (χ2v) is 10.1. The number of rotatable bonds is 8. The van der Waals surface area contributed by atoms with Gasteiger partial charge in [-0.1, -0.05) is 60.7 Å². The average molecular weight is 528 g/mol. The Morgan fingerprint density at radius 2 is 1.57 bits per heavy atom. The topological polar surface area (TPSA) is 62.4 Å². The van der Waals surface area contributed by atoms with Crippen LogP contribution in [0, 0.1) is 13.8 Å². The molecule has 0 fully saturated rings. The van der Waals surface area contributed by atoms with Crippen LogP contribution in [-0.4, -0.2) is 18.1 Å². The summed E-state index contributed by atoms with van der Waals surface area (Å²) in [5.41, 5.74) is 5.48. The summed E-state index contributed by atoms with van der Waals surface area (Å²) in [6, 6.07) is 31.3. The molecular formula is C30H29N3O2S2. The zero-order valence-corrected chi connectivity index (χ0v) is 22.6. The lowest BCUT2D eigenvalue weighted by molar-refractivity contribution is -0.115. The molecule has 3 N–H and O–H groups in total. The Labute approximate surface area is 227 Å². The van der Waals surface area contributed by atoms with E-state index in [4.69, 9.17) is 17.0 Å². The van der Waals surface area contributed by atoms with Crippen LogP contribution < -0.4 is 20.7 Å². The van der Waals surface area contributed by atoms with Gasteiger partial charge in [0.15, 0.2) is 5.11 Å². The number of carbonyl (C=O) groups excluding carboxylic acids is 1. The van der Waals surface area contributed by atoms with E-state index in [2.05, 4.69) is 16.0 Å². The fourth-order valence-electron chi connectivity index (χ4n) is 3.79. The van der Waals surface area contributed by atoms with Crippen LogP contribution in [0.15, 0.2) is 102 Å². The highest BCUT2D eigenvalue weighted by Crippen LogP contribution is 2.37. The Morgan fingerprint density at radius 1 is 0.811 bits per heavy atom. The van der Waals surface area contributed by atoms with E-state index in [1.807, 2.05) is 111 Å². The Kier molecular flexibility index (Phi) is 8.82. The first-order valence-corrected chi connectivity index (χ1v) is 13.1. The molecule has 5 nitrogen and oxygen atoms in total. The molecule has 7 heteroatoms. The lowest BCUT2D eigenvalue weighted by atomic mass is 10.1. The fraction of sp³-hybridized carbons (Fsp3) is 0.133. The van der Waals surface area contributed by atoms with Gasteiger partial charge in [0.25, 0.3) is 0 Å². The molecule has 0 radical (unpaired) electrons. The number of hydrogen-bond donors (Lipinski definition) is 3. The van der Waals surface area contributed by atoms with Crippen LogP contribution in [0.1, 0.15) is 21.9 Å². The van der Waals surface area contributed by atoms with Gasteiger partial charge in [-0.2, -0.15) is 0 Å². The quantitative estimate of drug-likeness (QED) is 0.162. The molecule has 37 heavy (non-hydrogen) atoms. The van der Waals surface area contributed by atoms with Crippen LogP contribution in [0.2, 0.25) is 0 Å². The Morgan fingerprint density at radius 3 is 2.35 bits per heavy atom. The summed E-state index contributed by atoms with van der Waals surface area (Å²) in [6.07, 6.45) is 0. The number of thioether (sulfide) groups is 1. The van der Waals surface area contributed by atoms with Crippen LogP contribution in [-0.2, 0) is 4.79 Å². The van der Waals surface area contributed by atoms with Crippen molar-refractivity contribution >= 4 is 52.1 Å². The predicted molar refractivity (Wildman–Crippen MR) is 159 cm³/mol. The molecular weight excluding hydrogens is 498 g/mol. The lowest BCUT2D eigenvalue weighted by Crippen LogP contribution is -2.20. The number of hydrogen-bond acceptors (Lipinski definition) is 4. The first-order valence-electron chi connectivity index (χ1n) is 11.8. The van der Waals surface area contributed by atoms with Gasteiger partial charge in [0.2, 0.25) is 5.91 Å². The maximum absolute atomic E-state index is 13.5. The van der Waals surface area contributed by atoms with Crippen LogP contribution in [0.3, 0.4) is 0 Å². The van der Waals surface area contributed by atoms with Gasteiger partial charge in [-0.15, -0.1) is 11.8 Å². The monoisotopic (exact) mass is 527 g/mol. The van der Waals surface area contributed by atoms with Crippen molar-refractivity contribution in [3.8, 4) is 5.75 Å². The minimum atomic E-state index is -0.435. The smallest absolute Gasteiger partial charge is 0.242 e. The molecule has 0 aliphatic heterocycles. The second kappa shape index (κ2) is 12.4. The van der Waals surface area contributed by atoms with Gasteiger partial charge in [0.1, 0.15) is 11.0 Å². The Balaban J connectivity index is 1.51. The first-order chi connectivity index (χ1) is 17.9. The summed E-state index contributed by atoms with van der Waals surface area (Å²) in [5.74, 6) is 0.633. The van der Waals surface area contributed by atoms with Crippen molar-refractivity contribution < 1.29 is 9.53 Å². The molecule has 0 bridgehead atoms. The standard InChI is InChI=1S/C30H29N3O2S2/c1-20-16-17-21(2)26(18-20)32-29(34)28(22-10-5-4-6-11-22)37-24-13-9-12-23(19-24)31-30(36)33-25-14-7-8-15-27(25)35-3/h4-19,28H,1-3H3,(H,32,34)(H2,31,33,36). The van der Waals surface area contributed by atoms with Crippen LogP contribution >= 0.6 is 24.0 Å². The molecule has 0 saturated heterocycles. The van der Waals surface area contributed by atoms with Crippen molar-refractivity contribution in [2.24, 2.45) is 0 Å². The fourth-order valence-corrected chi connectivity index (χ4v) is 5.10. The number of anilines is 3. The molecule has 1 amide bonds. The minimum Gasteiger partial charge on any atom is -0.495 e. The number of amides is 1. The number of ether oxygens (including phenoxy) is 1. The van der Waals surface area contributed by atoms with Crippen LogP contribution in [0.5, 0.6) is 5.75 Å². The second-order valence-electron chi connectivity index (χ2n) is 8.52. The third-order valence-corrected chi connectivity index (χ3v) is 7.14. The third kappa shape index (κ3) is 7.12. The number of aryl methyl sites for hydroxylation is 2. The van der Waals surface area contributed by atoms with E-state index in [0.717, 1.165) is 38.6 Å². The first kappa shape index (κ1) is 26.3. The molecule has 4 aromatic carbocycles. The molecule has 0 aromatic heterocycles. The Hall–Kier alpha value is -3.81. The highest BCUT2D eigenvalue weighted by molar-refractivity contribution is 8.00. The molecule has 0 saturated carbocycles. The molecule has 1 unspecified atom stereocenters.